The van der Waals surface area contributed by atoms with E-state index in [0.717, 1.165) is 0 Å². The highest BCUT2D eigenvalue weighted by Crippen LogP contribution is 2.40. The number of nitrogens with one attached hydrogen (secondary N) is 2. The summed E-state index contributed by atoms with van der Waals surface area (Å²) in [7, 11) is 0. The third-order valence-corrected chi connectivity index (χ3v) is 4.68. The fourth-order valence-corrected chi connectivity index (χ4v) is 3.43. The van der Waals surface area contributed by atoms with Crippen LogP contribution in [0, 0.1) is 0 Å². The van der Waals surface area contributed by atoms with Crippen molar-refractivity contribution in [1.82, 2.24) is 10.6 Å². The first kappa shape index (κ1) is 18.6. The van der Waals surface area contributed by atoms with Crippen molar-refractivity contribution in [3.05, 3.63) is 96.1 Å². The SMILES string of the molecule is C=CC(O)c1ccccc1C1(c2ccccc2C(O)C=C)NC(=O)NC1=O. The molecule has 1 aliphatic rings. The minimum absolute atomic E-state index is 0.393. The lowest BCUT2D eigenvalue weighted by Gasteiger charge is -2.32. The molecule has 2 unspecified atom stereocenters. The Morgan fingerprint density at radius 1 is 0.852 bits per heavy atom. The van der Waals surface area contributed by atoms with Gasteiger partial charge in [-0.25, -0.2) is 4.79 Å². The fraction of sp³-hybridized carbons (Fsp3) is 0.143. The van der Waals surface area contributed by atoms with Crippen LogP contribution >= 0.6 is 0 Å². The Hall–Kier alpha value is -3.22. The summed E-state index contributed by atoms with van der Waals surface area (Å²) in [5.74, 6) is -0.597. The predicted octanol–water partition coefficient (Wildman–Crippen LogP) is 2.21. The number of rotatable bonds is 6. The number of amides is 3. The van der Waals surface area contributed by atoms with Crippen LogP contribution in [0.2, 0.25) is 0 Å². The molecule has 1 aliphatic heterocycles. The minimum Gasteiger partial charge on any atom is -0.384 e. The zero-order valence-electron chi connectivity index (χ0n) is 14.6. The molecule has 0 aliphatic carbocycles. The minimum atomic E-state index is -1.61. The van der Waals surface area contributed by atoms with Crippen molar-refractivity contribution < 1.29 is 19.8 Å². The summed E-state index contributed by atoms with van der Waals surface area (Å²) < 4.78 is 0. The lowest BCUT2D eigenvalue weighted by Crippen LogP contribution is -2.46. The first-order valence-corrected chi connectivity index (χ1v) is 8.39. The van der Waals surface area contributed by atoms with E-state index in [4.69, 9.17) is 0 Å². The van der Waals surface area contributed by atoms with Gasteiger partial charge in [-0.1, -0.05) is 60.7 Å². The maximum atomic E-state index is 13.0. The zero-order valence-corrected chi connectivity index (χ0v) is 14.6. The van der Waals surface area contributed by atoms with E-state index in [-0.39, 0.29) is 0 Å². The maximum absolute atomic E-state index is 13.0. The van der Waals surface area contributed by atoms with Gasteiger partial charge in [-0.3, -0.25) is 10.1 Å². The molecule has 0 bridgehead atoms. The predicted molar refractivity (Wildman–Crippen MR) is 101 cm³/mol. The molecule has 1 heterocycles. The molecule has 4 N–H and O–H groups in total. The Labute approximate surface area is 156 Å². The van der Waals surface area contributed by atoms with Crippen LogP contribution in [0.15, 0.2) is 73.8 Å². The Morgan fingerprint density at radius 2 is 1.30 bits per heavy atom. The van der Waals surface area contributed by atoms with Crippen molar-refractivity contribution in [3.63, 3.8) is 0 Å². The van der Waals surface area contributed by atoms with Crippen molar-refractivity contribution in [1.29, 1.82) is 0 Å². The summed E-state index contributed by atoms with van der Waals surface area (Å²) in [6.45, 7) is 7.20. The quantitative estimate of drug-likeness (QED) is 0.466. The van der Waals surface area contributed by atoms with Crippen molar-refractivity contribution in [2.45, 2.75) is 17.7 Å². The largest absolute Gasteiger partial charge is 0.384 e. The van der Waals surface area contributed by atoms with Gasteiger partial charge < -0.3 is 15.5 Å². The monoisotopic (exact) mass is 364 g/mol. The molecule has 2 aromatic carbocycles. The van der Waals surface area contributed by atoms with Crippen LogP contribution in [0.3, 0.4) is 0 Å². The third-order valence-electron chi connectivity index (χ3n) is 4.68. The number of aliphatic hydroxyl groups is 2. The average Bonchev–Trinajstić information content (AvgIpc) is 3.01. The molecule has 2 aromatic rings. The molecule has 6 heteroatoms. The summed E-state index contributed by atoms with van der Waals surface area (Å²) >= 11 is 0. The fourth-order valence-electron chi connectivity index (χ4n) is 3.43. The molecule has 0 spiro atoms. The molecule has 0 saturated carbocycles. The molecular weight excluding hydrogens is 344 g/mol. The van der Waals surface area contributed by atoms with Crippen molar-refractivity contribution in [2.75, 3.05) is 0 Å². The van der Waals surface area contributed by atoms with Gasteiger partial charge in [0.2, 0.25) is 0 Å². The van der Waals surface area contributed by atoms with Gasteiger partial charge in [-0.15, -0.1) is 13.2 Å². The second-order valence-electron chi connectivity index (χ2n) is 6.19. The number of imide groups is 1. The molecule has 3 rings (SSSR count). The van der Waals surface area contributed by atoms with Crippen LogP contribution in [0.4, 0.5) is 4.79 Å². The van der Waals surface area contributed by atoms with E-state index in [1.54, 1.807) is 48.5 Å². The summed E-state index contributed by atoms with van der Waals surface area (Å²) in [5, 5.41) is 25.7. The van der Waals surface area contributed by atoms with Crippen LogP contribution in [0.25, 0.3) is 0 Å². The highest BCUT2D eigenvalue weighted by atomic mass is 16.3. The number of carbonyl (C=O) groups is 2. The number of benzene rings is 2. The van der Waals surface area contributed by atoms with Gasteiger partial charge in [-0.2, -0.15) is 0 Å². The molecule has 27 heavy (non-hydrogen) atoms. The number of hydrogen-bond acceptors (Lipinski definition) is 4. The van der Waals surface area contributed by atoms with Gasteiger partial charge in [0.25, 0.3) is 5.91 Å². The van der Waals surface area contributed by atoms with Crippen LogP contribution in [0.5, 0.6) is 0 Å². The second-order valence-corrected chi connectivity index (χ2v) is 6.19. The van der Waals surface area contributed by atoms with Crippen LogP contribution < -0.4 is 10.6 Å². The number of carbonyl (C=O) groups excluding carboxylic acids is 2. The summed E-state index contributed by atoms with van der Waals surface area (Å²) in [6.07, 6.45) is 0.594. The van der Waals surface area contributed by atoms with Crippen molar-refractivity contribution in [3.8, 4) is 0 Å². The van der Waals surface area contributed by atoms with Crippen LogP contribution in [0.1, 0.15) is 34.5 Å². The van der Waals surface area contributed by atoms with Gasteiger partial charge in [0.1, 0.15) is 0 Å². The Kier molecular flexibility index (Phi) is 4.94. The zero-order chi connectivity index (χ0) is 19.6. The van der Waals surface area contributed by atoms with Crippen LogP contribution in [-0.2, 0) is 10.3 Å². The van der Waals surface area contributed by atoms with Crippen LogP contribution in [-0.4, -0.2) is 22.2 Å². The maximum Gasteiger partial charge on any atom is 0.322 e. The molecule has 2 atom stereocenters. The standard InChI is InChI=1S/C21H20N2O4/c1-3-17(24)13-9-5-7-11-15(13)21(19(26)22-20(27)23-21)16-12-8-6-10-14(16)18(25)4-2/h3-12,17-18,24-25H,1-2H2,(H2,22,23,26,27). The van der Waals surface area contributed by atoms with Gasteiger partial charge in [0.05, 0.1) is 12.2 Å². The molecule has 6 nitrogen and oxygen atoms in total. The summed E-state index contributed by atoms with van der Waals surface area (Å²) in [4.78, 5) is 25.1. The molecule has 138 valence electrons. The molecule has 0 aromatic heterocycles. The van der Waals surface area contributed by atoms with Gasteiger partial charge >= 0.3 is 6.03 Å². The van der Waals surface area contributed by atoms with E-state index >= 15 is 0 Å². The number of urea groups is 1. The summed E-state index contributed by atoms with van der Waals surface area (Å²) in [5.41, 5.74) is 0.0209. The smallest absolute Gasteiger partial charge is 0.322 e. The van der Waals surface area contributed by atoms with Gasteiger partial charge in [0.15, 0.2) is 5.54 Å². The average molecular weight is 364 g/mol. The number of hydrogen-bond donors (Lipinski definition) is 4. The lowest BCUT2D eigenvalue weighted by atomic mass is 9.76. The first-order valence-electron chi connectivity index (χ1n) is 8.39. The normalized spacial score (nSPS) is 21.1. The van der Waals surface area contributed by atoms with E-state index in [1.165, 1.54) is 12.2 Å². The molecule has 3 amide bonds. The van der Waals surface area contributed by atoms with E-state index in [1.807, 2.05) is 0 Å². The second kappa shape index (κ2) is 7.19. The Bertz CT molecular complexity index is 864. The van der Waals surface area contributed by atoms with Crippen molar-refractivity contribution >= 4 is 11.9 Å². The summed E-state index contributed by atoms with van der Waals surface area (Å²) in [6, 6.07) is 12.8. The highest BCUT2D eigenvalue weighted by Gasteiger charge is 2.51. The Morgan fingerprint density at radius 3 is 1.67 bits per heavy atom. The first-order chi connectivity index (χ1) is 13.0. The topological polar surface area (TPSA) is 98.7 Å². The van der Waals surface area contributed by atoms with E-state index in [2.05, 4.69) is 23.8 Å². The molecular formula is C21H20N2O4. The molecule has 0 radical (unpaired) electrons. The Balaban J connectivity index is 2.36. The molecule has 1 fully saturated rings. The highest BCUT2D eigenvalue weighted by molar-refractivity contribution is 6.10. The molecule has 1 saturated heterocycles. The van der Waals surface area contributed by atoms with E-state index < -0.39 is 29.7 Å². The van der Waals surface area contributed by atoms with Gasteiger partial charge in [-0.05, 0) is 22.3 Å². The van der Waals surface area contributed by atoms with Crippen molar-refractivity contribution in [2.24, 2.45) is 0 Å². The lowest BCUT2D eigenvalue weighted by molar-refractivity contribution is -0.123. The number of aliphatic hydroxyl groups excluding tert-OH is 2. The van der Waals surface area contributed by atoms with E-state index in [0.29, 0.717) is 22.3 Å². The third kappa shape index (κ3) is 2.95. The van der Waals surface area contributed by atoms with E-state index in [9.17, 15) is 19.8 Å². The van der Waals surface area contributed by atoms with Gasteiger partial charge in [0, 0.05) is 0 Å².